The Morgan fingerprint density at radius 2 is 2.07 bits per heavy atom. The molecule has 0 aromatic rings. The van der Waals surface area contributed by atoms with Crippen molar-refractivity contribution in [3.05, 3.63) is 24.5 Å². The van der Waals surface area contributed by atoms with Gasteiger partial charge in [-0.3, -0.25) is 0 Å². The number of ether oxygens (including phenoxy) is 2. The molecule has 0 aliphatic carbocycles. The van der Waals surface area contributed by atoms with Gasteiger partial charge in [0.2, 0.25) is 0 Å². The molecule has 0 amide bonds. The fraction of sp³-hybridized carbons (Fsp3) is 0.636. The molecule has 4 heteroatoms. The van der Waals surface area contributed by atoms with Crippen LogP contribution in [-0.2, 0) is 9.47 Å². The highest BCUT2D eigenvalue weighted by molar-refractivity contribution is 5.19. The van der Waals surface area contributed by atoms with Crippen LogP contribution < -0.4 is 24.0 Å². The van der Waals surface area contributed by atoms with Gasteiger partial charge in [-0.1, -0.05) is 12.7 Å². The number of likely N-dealkylation sites (N-methyl/N-ethyl adjacent to an activating group) is 1. The minimum atomic E-state index is -0.435. The van der Waals surface area contributed by atoms with Crippen molar-refractivity contribution in [1.82, 2.24) is 0 Å². The average molecular weight is 325 g/mol. The van der Waals surface area contributed by atoms with Crippen molar-refractivity contribution in [3.8, 4) is 0 Å². The van der Waals surface area contributed by atoms with Crippen LogP contribution >= 0.6 is 0 Å². The van der Waals surface area contributed by atoms with Crippen molar-refractivity contribution in [3.63, 3.8) is 0 Å². The second-order valence-corrected chi connectivity index (χ2v) is 4.76. The van der Waals surface area contributed by atoms with Gasteiger partial charge in [-0.2, -0.15) is 0 Å². The Bertz CT molecular complexity index is 258. The van der Waals surface area contributed by atoms with Crippen molar-refractivity contribution >= 4 is 0 Å². The first-order valence-electron chi connectivity index (χ1n) is 4.79. The first-order chi connectivity index (χ1) is 6.37. The summed E-state index contributed by atoms with van der Waals surface area (Å²) < 4.78 is 11.7. The molecule has 0 aromatic heterocycles. The molecule has 0 bridgehead atoms. The van der Waals surface area contributed by atoms with Crippen LogP contribution in [0.15, 0.2) is 24.5 Å². The number of halogens is 1. The summed E-state index contributed by atoms with van der Waals surface area (Å²) in [6, 6.07) is 0. The van der Waals surface area contributed by atoms with Crippen LogP contribution in [0.2, 0.25) is 0 Å². The molecule has 1 unspecified atom stereocenters. The Hall–Kier alpha value is -0.0700. The van der Waals surface area contributed by atoms with Gasteiger partial charge >= 0.3 is 0 Å². The minimum absolute atomic E-state index is 0. The van der Waals surface area contributed by atoms with Gasteiger partial charge in [0.25, 0.3) is 0 Å². The fourth-order valence-electron chi connectivity index (χ4n) is 1.21. The number of hydrogen-bond donors (Lipinski definition) is 0. The molecule has 15 heavy (non-hydrogen) atoms. The predicted molar refractivity (Wildman–Crippen MR) is 56.6 cm³/mol. The largest absolute Gasteiger partial charge is 1.00 e. The molecule has 1 aliphatic heterocycles. The lowest BCUT2D eigenvalue weighted by atomic mass is 10.0. The summed E-state index contributed by atoms with van der Waals surface area (Å²) in [6.45, 7) is 6.97. The van der Waals surface area contributed by atoms with Gasteiger partial charge in [0, 0.05) is 6.08 Å². The molecular weight excluding hydrogens is 305 g/mol. The van der Waals surface area contributed by atoms with Gasteiger partial charge in [0.1, 0.15) is 17.9 Å². The molecule has 0 radical (unpaired) electrons. The second-order valence-electron chi connectivity index (χ2n) is 4.76. The van der Waals surface area contributed by atoms with Crippen LogP contribution in [0, 0.1) is 0 Å². The van der Waals surface area contributed by atoms with Gasteiger partial charge in [-0.15, -0.1) is 0 Å². The van der Waals surface area contributed by atoms with E-state index in [0.717, 1.165) is 16.8 Å². The third-order valence-electron chi connectivity index (χ3n) is 2.28. The van der Waals surface area contributed by atoms with E-state index >= 15 is 0 Å². The second kappa shape index (κ2) is 5.32. The number of rotatable bonds is 3. The Kier molecular flexibility index (Phi) is 5.29. The van der Waals surface area contributed by atoms with E-state index in [9.17, 15) is 0 Å². The van der Waals surface area contributed by atoms with Crippen molar-refractivity contribution in [2.75, 3.05) is 34.5 Å². The van der Waals surface area contributed by atoms with Crippen LogP contribution in [0.1, 0.15) is 6.92 Å². The number of quaternary nitrogens is 1. The molecule has 0 aromatic carbocycles. The lowest BCUT2D eigenvalue weighted by molar-refractivity contribution is -0.864. The van der Waals surface area contributed by atoms with Crippen molar-refractivity contribution in [2.45, 2.75) is 12.5 Å². The normalized spacial score (nSPS) is 28.4. The van der Waals surface area contributed by atoms with Gasteiger partial charge in [-0.25, -0.2) is 0 Å². The highest BCUT2D eigenvalue weighted by Gasteiger charge is 2.34. The molecule has 0 N–H and O–H groups in total. The molecule has 1 heterocycles. The van der Waals surface area contributed by atoms with E-state index in [-0.39, 0.29) is 24.0 Å². The standard InChI is InChI=1S/C11H20NO2.HI/c1-6-11(2)10(13-9-14-11)7-8-12(3,4)5;/h6-7H,1,8-9H2,2-5H3;1H/q+1;/p-1. The highest BCUT2D eigenvalue weighted by atomic mass is 127. The lowest BCUT2D eigenvalue weighted by Gasteiger charge is -2.23. The van der Waals surface area contributed by atoms with Crippen LogP contribution in [-0.4, -0.2) is 44.6 Å². The van der Waals surface area contributed by atoms with Crippen molar-refractivity contribution in [2.24, 2.45) is 0 Å². The van der Waals surface area contributed by atoms with E-state index in [1.165, 1.54) is 0 Å². The quantitative estimate of drug-likeness (QED) is 0.358. The summed E-state index contributed by atoms with van der Waals surface area (Å²) in [5.41, 5.74) is -0.435. The monoisotopic (exact) mass is 325 g/mol. The molecule has 1 rings (SSSR count). The molecule has 88 valence electrons. The number of nitrogens with zero attached hydrogens (tertiary/aromatic N) is 1. The lowest BCUT2D eigenvalue weighted by Crippen LogP contribution is -3.00. The van der Waals surface area contributed by atoms with Gasteiger partial charge < -0.3 is 37.9 Å². The van der Waals surface area contributed by atoms with Crippen LogP contribution in [0.4, 0.5) is 0 Å². The average Bonchev–Trinajstić information content (AvgIpc) is 2.43. The third-order valence-corrected chi connectivity index (χ3v) is 2.28. The van der Waals surface area contributed by atoms with Gasteiger partial charge in [0.05, 0.1) is 21.1 Å². The topological polar surface area (TPSA) is 18.5 Å². The molecule has 3 nitrogen and oxygen atoms in total. The Morgan fingerprint density at radius 3 is 2.53 bits per heavy atom. The summed E-state index contributed by atoms with van der Waals surface area (Å²) in [5, 5.41) is 0. The Labute approximate surface area is 109 Å². The maximum Gasteiger partial charge on any atom is 0.190 e. The fourth-order valence-corrected chi connectivity index (χ4v) is 1.21. The zero-order valence-electron chi connectivity index (χ0n) is 9.92. The third kappa shape index (κ3) is 4.12. The highest BCUT2D eigenvalue weighted by Crippen LogP contribution is 2.29. The van der Waals surface area contributed by atoms with Crippen molar-refractivity contribution in [1.29, 1.82) is 0 Å². The maximum absolute atomic E-state index is 5.45. The zero-order valence-corrected chi connectivity index (χ0v) is 12.1. The summed E-state index contributed by atoms with van der Waals surface area (Å²) in [5.74, 6) is 0.876. The van der Waals surface area contributed by atoms with Crippen LogP contribution in [0.5, 0.6) is 0 Å². The zero-order chi connectivity index (χ0) is 10.8. The minimum Gasteiger partial charge on any atom is -1.00 e. The molecule has 1 atom stereocenters. The molecular formula is C11H20INO2. The summed E-state index contributed by atoms with van der Waals surface area (Å²) in [6.07, 6.45) is 3.86. The molecule has 1 aliphatic rings. The molecule has 0 spiro atoms. The van der Waals surface area contributed by atoms with Gasteiger partial charge in [-0.05, 0) is 6.92 Å². The first kappa shape index (κ1) is 14.9. The first-order valence-corrected chi connectivity index (χ1v) is 4.79. The Morgan fingerprint density at radius 1 is 1.47 bits per heavy atom. The van der Waals surface area contributed by atoms with E-state index in [4.69, 9.17) is 9.47 Å². The Balaban J connectivity index is 0.00000196. The van der Waals surface area contributed by atoms with Gasteiger partial charge in [0.15, 0.2) is 6.79 Å². The van der Waals surface area contributed by atoms with E-state index in [1.54, 1.807) is 6.08 Å². The smallest absolute Gasteiger partial charge is 0.190 e. The molecule has 0 saturated carbocycles. The van der Waals surface area contributed by atoms with Crippen LogP contribution in [0.3, 0.4) is 0 Å². The molecule has 1 fully saturated rings. The predicted octanol–water partition coefficient (Wildman–Crippen LogP) is -1.47. The van der Waals surface area contributed by atoms with Crippen molar-refractivity contribution < 1.29 is 37.9 Å². The number of hydrogen-bond acceptors (Lipinski definition) is 2. The summed E-state index contributed by atoms with van der Waals surface area (Å²) in [7, 11) is 6.41. The summed E-state index contributed by atoms with van der Waals surface area (Å²) >= 11 is 0. The van der Waals surface area contributed by atoms with Crippen LogP contribution in [0.25, 0.3) is 0 Å². The SMILES string of the molecule is C=CC1(C)OCOC1=CC[N+](C)(C)C.[I-]. The summed E-state index contributed by atoms with van der Waals surface area (Å²) in [4.78, 5) is 0. The molecule has 1 saturated heterocycles. The van der Waals surface area contributed by atoms with E-state index < -0.39 is 5.60 Å². The van der Waals surface area contributed by atoms with E-state index in [1.807, 2.05) is 6.92 Å². The van der Waals surface area contributed by atoms with E-state index in [0.29, 0.717) is 6.79 Å². The van der Waals surface area contributed by atoms with E-state index in [2.05, 4.69) is 33.8 Å². The maximum atomic E-state index is 5.45.